The van der Waals surface area contributed by atoms with Crippen LogP contribution < -0.4 is 9.80 Å². The fourth-order valence-corrected chi connectivity index (χ4v) is 19.4. The summed E-state index contributed by atoms with van der Waals surface area (Å²) in [6.45, 7) is 4.31. The van der Waals surface area contributed by atoms with Crippen LogP contribution in [0.5, 0.6) is 0 Å². The van der Waals surface area contributed by atoms with Crippen LogP contribution in [0.4, 0.5) is 17.1 Å². The van der Waals surface area contributed by atoms with Crippen LogP contribution in [0.15, 0.2) is 382 Å². The summed E-state index contributed by atoms with van der Waals surface area (Å²) in [5.74, 6) is 2.99. The molecular formula is C109H79BN6. The van der Waals surface area contributed by atoms with E-state index in [2.05, 4.69) is 396 Å². The summed E-state index contributed by atoms with van der Waals surface area (Å²) in [5, 5.41) is 14.2. The van der Waals surface area contributed by atoms with Crippen molar-refractivity contribution in [1.82, 2.24) is 19.9 Å². The predicted molar refractivity (Wildman–Crippen MR) is 492 cm³/mol. The maximum absolute atomic E-state index is 5.54. The number of hydrogen-bond acceptors (Lipinski definition) is 6. The second-order valence-corrected chi connectivity index (χ2v) is 31.8. The van der Waals surface area contributed by atoms with Crippen LogP contribution in [-0.4, -0.2) is 39.9 Å². The molecule has 0 N–H and O–H groups in total. The lowest BCUT2D eigenvalue weighted by Gasteiger charge is -2.31. The number of nitrogens with zero attached hydrogens (tertiary/aromatic N) is 6. The molecule has 17 aromatic rings. The number of hydrogen-bond donors (Lipinski definition) is 0. The van der Waals surface area contributed by atoms with Crippen molar-refractivity contribution in [1.29, 1.82) is 0 Å². The molecule has 0 bridgehead atoms. The summed E-state index contributed by atoms with van der Waals surface area (Å²) >= 11 is 0. The number of benzene rings is 15. The van der Waals surface area contributed by atoms with Gasteiger partial charge in [-0.15, -0.1) is 5.98 Å². The zero-order valence-electron chi connectivity index (χ0n) is 64.8. The standard InChI is InChI=1S/C109H79BN6/c1-67(99-65-111-106-94-25-8-5-20-88(94)89-21-6-9-26-95(89)108(106)113-99)34-35-69-36-38-70(39-37-69)75-44-46-78-62-76(45-47-77(78)61-75)71-48-53-82(54-49-71)116-103-32-16-13-28-97(103)105-85(29-17-33-104(105)116)79-52-57-91-90-22-7-10-27-96(90)109-107(98(91)63-79)112-66-100(114-109)68(2)60-80(64-110)72-40-42-73(43-41-72)83-58-59-84(87-19-4-3-18-86(83)87)74-50-55-81(56-51-74)115-101-30-14-11-23-92(101)93-24-12-15-31-102(93)115/h3-34,36-48,50-66,71,92,97,101,103H,35,49,110H2,1-2H3/b67-34+,68-60+,80-64+. The minimum atomic E-state index is 0.144. The van der Waals surface area contributed by atoms with E-state index in [0.717, 1.165) is 90.1 Å². The largest absolute Gasteiger partial charge is 0.334 e. The highest BCUT2D eigenvalue weighted by atomic mass is 15.2. The SMILES string of the molecule is B/C=C(\C=C(/C)c1cnc2c3cc(-c4cccc5c4C4C=CC=CC4N5C4=CCC(c5ccc6cc(-c7ccc(C/C=C(\C)c8cnc9c%10ccccc%10c%10ccccc%10c9n8)cc7)ccc6c5)C=C4)ccc3c3ccccc3c2n1)c1ccc(-c2ccc(-c3ccc(N4c5ccccc5C5C=CC=CC54)cc3)c3ccccc23)cc1. The fraction of sp³-hybridized carbons (Fsp3) is 0.0826. The summed E-state index contributed by atoms with van der Waals surface area (Å²) in [6, 6.07) is 104. The van der Waals surface area contributed by atoms with Crippen LogP contribution in [0.25, 0.3) is 148 Å². The van der Waals surface area contributed by atoms with Crippen LogP contribution >= 0.6 is 0 Å². The quantitative estimate of drug-likeness (QED) is 0.0651. The summed E-state index contributed by atoms with van der Waals surface area (Å²) in [5.41, 5.74) is 29.9. The minimum absolute atomic E-state index is 0.144. The molecule has 6 nitrogen and oxygen atoms in total. The molecule has 2 aromatic heterocycles. The van der Waals surface area contributed by atoms with Crippen LogP contribution in [-0.2, 0) is 6.42 Å². The minimum Gasteiger partial charge on any atom is -0.334 e. The molecule has 4 heterocycles. The van der Waals surface area contributed by atoms with Gasteiger partial charge in [0.05, 0.1) is 57.9 Å². The molecule has 0 radical (unpaired) electrons. The average molecular weight is 1480 g/mol. The molecule has 15 aromatic carbocycles. The molecule has 0 saturated heterocycles. The molecule has 3 aliphatic carbocycles. The Morgan fingerprint density at radius 1 is 0.414 bits per heavy atom. The van der Waals surface area contributed by atoms with Crippen molar-refractivity contribution in [3.8, 4) is 44.5 Å². The van der Waals surface area contributed by atoms with Gasteiger partial charge in [0.25, 0.3) is 0 Å². The molecule has 0 fully saturated rings. The van der Waals surface area contributed by atoms with Gasteiger partial charge >= 0.3 is 0 Å². The van der Waals surface area contributed by atoms with E-state index in [4.69, 9.17) is 19.9 Å². The maximum atomic E-state index is 5.54. The molecule has 5 atom stereocenters. The van der Waals surface area contributed by atoms with Crippen molar-refractivity contribution in [3.05, 3.63) is 421 Å². The van der Waals surface area contributed by atoms with Gasteiger partial charge < -0.3 is 9.80 Å². The van der Waals surface area contributed by atoms with Gasteiger partial charge in [-0.05, 0) is 201 Å². The number of allylic oxidation sites excluding steroid dienone is 12. The lowest BCUT2D eigenvalue weighted by Crippen LogP contribution is -2.32. The van der Waals surface area contributed by atoms with Gasteiger partial charge in [0.1, 0.15) is 7.85 Å². The van der Waals surface area contributed by atoms with Gasteiger partial charge in [-0.3, -0.25) is 9.97 Å². The van der Waals surface area contributed by atoms with E-state index in [1.54, 1.807) is 0 Å². The van der Waals surface area contributed by atoms with Crippen molar-refractivity contribution in [2.75, 3.05) is 9.80 Å². The zero-order chi connectivity index (χ0) is 77.1. The third-order valence-corrected chi connectivity index (χ3v) is 25.3. The third kappa shape index (κ3) is 11.6. The Balaban J connectivity index is 0.495. The zero-order valence-corrected chi connectivity index (χ0v) is 64.8. The molecule has 116 heavy (non-hydrogen) atoms. The highest BCUT2D eigenvalue weighted by Gasteiger charge is 2.41. The van der Waals surface area contributed by atoms with Gasteiger partial charge in [0.15, 0.2) is 0 Å². The molecular weight excluding hydrogens is 1400 g/mol. The smallest absolute Gasteiger partial charge is 0.130 e. The predicted octanol–water partition coefficient (Wildman–Crippen LogP) is 26.6. The molecule has 0 amide bonds. The van der Waals surface area contributed by atoms with Gasteiger partial charge in [-0.2, -0.15) is 0 Å². The summed E-state index contributed by atoms with van der Waals surface area (Å²) in [4.78, 5) is 26.2. The Bertz CT molecular complexity index is 7240. The van der Waals surface area contributed by atoms with E-state index < -0.39 is 0 Å². The van der Waals surface area contributed by atoms with Crippen LogP contribution in [0.2, 0.25) is 0 Å². The van der Waals surface area contributed by atoms with Gasteiger partial charge in [-0.25, -0.2) is 9.97 Å². The van der Waals surface area contributed by atoms with Crippen molar-refractivity contribution in [2.45, 2.75) is 56.5 Å². The third-order valence-electron chi connectivity index (χ3n) is 25.3. The molecule has 5 aliphatic rings. The summed E-state index contributed by atoms with van der Waals surface area (Å²) < 4.78 is 0. The Kier molecular flexibility index (Phi) is 16.7. The number of rotatable bonds is 13. The van der Waals surface area contributed by atoms with Crippen LogP contribution in [0, 0.1) is 0 Å². The second-order valence-electron chi connectivity index (χ2n) is 31.8. The molecule has 7 heteroatoms. The van der Waals surface area contributed by atoms with Gasteiger partial charge in [0.2, 0.25) is 0 Å². The van der Waals surface area contributed by atoms with E-state index in [-0.39, 0.29) is 23.9 Å². The van der Waals surface area contributed by atoms with Crippen molar-refractivity contribution in [2.24, 2.45) is 0 Å². The molecule has 22 rings (SSSR count). The summed E-state index contributed by atoms with van der Waals surface area (Å²) in [7, 11) is 2.12. The highest BCUT2D eigenvalue weighted by Crippen LogP contribution is 2.53. The van der Waals surface area contributed by atoms with Gasteiger partial charge in [-0.1, -0.05) is 316 Å². The van der Waals surface area contributed by atoms with E-state index in [1.165, 1.54) is 133 Å². The Morgan fingerprint density at radius 3 is 1.63 bits per heavy atom. The first kappa shape index (κ1) is 68.7. The molecule has 548 valence electrons. The normalized spacial score (nSPS) is 17.7. The lowest BCUT2D eigenvalue weighted by atomic mass is 9.85. The fourth-order valence-electron chi connectivity index (χ4n) is 19.4. The average Bonchev–Trinajstić information content (AvgIpc) is 1.47. The Labute approximate surface area is 676 Å². The highest BCUT2D eigenvalue weighted by molar-refractivity contribution is 6.25. The first-order valence-corrected chi connectivity index (χ1v) is 40.7. The van der Waals surface area contributed by atoms with Crippen molar-refractivity contribution >= 4 is 128 Å². The van der Waals surface area contributed by atoms with E-state index >= 15 is 0 Å². The van der Waals surface area contributed by atoms with Gasteiger partial charge in [0, 0.05) is 62.1 Å². The maximum Gasteiger partial charge on any atom is 0.130 e. The molecule has 0 saturated carbocycles. The number of anilines is 3. The first-order chi connectivity index (χ1) is 57.3. The van der Waals surface area contributed by atoms with Crippen LogP contribution in [0.3, 0.4) is 0 Å². The lowest BCUT2D eigenvalue weighted by molar-refractivity contribution is 0.720. The van der Waals surface area contributed by atoms with E-state index in [0.29, 0.717) is 5.92 Å². The second kappa shape index (κ2) is 28.2. The number of para-hydroxylation sites is 1. The van der Waals surface area contributed by atoms with Crippen molar-refractivity contribution in [3.63, 3.8) is 0 Å². The monoisotopic (exact) mass is 1480 g/mol. The number of fused-ring (bicyclic) bond motifs is 20. The van der Waals surface area contributed by atoms with Crippen molar-refractivity contribution < 1.29 is 0 Å². The molecule has 5 unspecified atom stereocenters. The van der Waals surface area contributed by atoms with Crippen LogP contribution in [0.1, 0.15) is 77.2 Å². The Morgan fingerprint density at radius 2 is 0.957 bits per heavy atom. The summed E-state index contributed by atoms with van der Waals surface area (Å²) in [6.07, 6.45) is 35.7. The van der Waals surface area contributed by atoms with E-state index in [9.17, 15) is 0 Å². The molecule has 2 aliphatic heterocycles. The van der Waals surface area contributed by atoms with E-state index in [1.807, 2.05) is 12.4 Å². The topological polar surface area (TPSA) is 58.0 Å². The Hall–Kier alpha value is -14.1. The molecule has 0 spiro atoms. The number of aromatic nitrogens is 4. The first-order valence-electron chi connectivity index (χ1n) is 40.7.